The quantitative estimate of drug-likeness (QED) is 0.858. The van der Waals surface area contributed by atoms with Crippen LogP contribution < -0.4 is 10.2 Å². The topological polar surface area (TPSA) is 52.7 Å². The maximum Gasteiger partial charge on any atom is 0.263 e. The van der Waals surface area contributed by atoms with Gasteiger partial charge in [0.1, 0.15) is 0 Å². The summed E-state index contributed by atoms with van der Waals surface area (Å²) in [5, 5.41) is 5.42. The number of piperidine rings is 1. The predicted octanol–water partition coefficient (Wildman–Crippen LogP) is 3.96. The normalized spacial score (nSPS) is 17.0. The van der Waals surface area contributed by atoms with Crippen LogP contribution in [0.25, 0.3) is 0 Å². The van der Waals surface area contributed by atoms with E-state index in [-0.39, 0.29) is 17.7 Å². The van der Waals surface area contributed by atoms with Gasteiger partial charge in [0.15, 0.2) is 0 Å². The van der Waals surface area contributed by atoms with Crippen LogP contribution in [-0.4, -0.2) is 43.9 Å². The minimum atomic E-state index is -0.208. The molecule has 1 aromatic heterocycles. The van der Waals surface area contributed by atoms with Gasteiger partial charge in [-0.05, 0) is 42.5 Å². The van der Waals surface area contributed by atoms with Gasteiger partial charge in [-0.15, -0.1) is 11.3 Å². The molecule has 0 aliphatic carbocycles. The highest BCUT2D eigenvalue weighted by molar-refractivity contribution is 7.12. The average Bonchev–Trinajstić information content (AvgIpc) is 3.15. The first-order valence-corrected chi connectivity index (χ1v) is 9.82. The molecule has 0 spiro atoms. The number of nitrogens with zero attached hydrogens (tertiary/aromatic N) is 2. The van der Waals surface area contributed by atoms with Gasteiger partial charge in [0.25, 0.3) is 5.91 Å². The Bertz CT molecular complexity index is 792. The summed E-state index contributed by atoms with van der Waals surface area (Å²) in [7, 11) is 3.83. The largest absolute Gasteiger partial charge is 0.376 e. The van der Waals surface area contributed by atoms with Crippen molar-refractivity contribution in [3.63, 3.8) is 0 Å². The molecule has 138 valence electrons. The van der Waals surface area contributed by atoms with Crippen molar-refractivity contribution >= 4 is 46.1 Å². The number of rotatable bonds is 4. The molecule has 1 saturated heterocycles. The third-order valence-corrected chi connectivity index (χ3v) is 5.67. The van der Waals surface area contributed by atoms with Crippen LogP contribution in [0.2, 0.25) is 5.02 Å². The molecule has 0 saturated carbocycles. The molecule has 26 heavy (non-hydrogen) atoms. The zero-order valence-corrected chi connectivity index (χ0v) is 16.4. The summed E-state index contributed by atoms with van der Waals surface area (Å²) in [6, 6.07) is 9.17. The number of anilines is 2. The van der Waals surface area contributed by atoms with Gasteiger partial charge in [0, 0.05) is 32.9 Å². The Morgan fingerprint density at radius 3 is 2.77 bits per heavy atom. The van der Waals surface area contributed by atoms with Gasteiger partial charge in [-0.1, -0.05) is 17.7 Å². The molecule has 0 bridgehead atoms. The van der Waals surface area contributed by atoms with Crippen molar-refractivity contribution in [3.05, 3.63) is 45.6 Å². The third-order valence-electron chi connectivity index (χ3n) is 4.51. The Kier molecular flexibility index (Phi) is 5.84. The molecule has 3 rings (SSSR count). The van der Waals surface area contributed by atoms with Gasteiger partial charge < -0.3 is 15.1 Å². The van der Waals surface area contributed by atoms with Crippen LogP contribution in [0.4, 0.5) is 11.4 Å². The molecule has 2 amide bonds. The van der Waals surface area contributed by atoms with E-state index < -0.39 is 0 Å². The standard InChI is InChI=1S/C19H22ClN3O2S/c1-22(2)16-8-7-14(11-15(16)20)21-18(24)13-5-3-9-23(12-13)19(25)17-6-4-10-26-17/h4,6-8,10-11,13H,3,5,9,12H2,1-2H3,(H,21,24). The summed E-state index contributed by atoms with van der Waals surface area (Å²) < 4.78 is 0. The van der Waals surface area contributed by atoms with Gasteiger partial charge >= 0.3 is 0 Å². The summed E-state index contributed by atoms with van der Waals surface area (Å²) in [5.41, 5.74) is 1.57. The van der Waals surface area contributed by atoms with Crippen LogP contribution >= 0.6 is 22.9 Å². The fourth-order valence-corrected chi connectivity index (χ4v) is 4.16. The molecule has 7 heteroatoms. The summed E-state index contributed by atoms with van der Waals surface area (Å²) in [5.74, 6) is -0.266. The van der Waals surface area contributed by atoms with Crippen LogP contribution in [0.1, 0.15) is 22.5 Å². The second-order valence-corrected chi connectivity index (χ2v) is 7.97. The lowest BCUT2D eigenvalue weighted by atomic mass is 9.97. The maximum atomic E-state index is 12.7. The van der Waals surface area contributed by atoms with E-state index in [0.29, 0.717) is 23.8 Å². The van der Waals surface area contributed by atoms with Crippen LogP contribution in [0.5, 0.6) is 0 Å². The molecule has 5 nitrogen and oxygen atoms in total. The van der Waals surface area contributed by atoms with Crippen LogP contribution in [-0.2, 0) is 4.79 Å². The fourth-order valence-electron chi connectivity index (χ4n) is 3.12. The van der Waals surface area contributed by atoms with E-state index in [4.69, 9.17) is 11.6 Å². The fraction of sp³-hybridized carbons (Fsp3) is 0.368. The summed E-state index contributed by atoms with van der Waals surface area (Å²) in [6.07, 6.45) is 1.61. The summed E-state index contributed by atoms with van der Waals surface area (Å²) >= 11 is 7.70. The Morgan fingerprint density at radius 2 is 2.12 bits per heavy atom. The molecule has 1 aliphatic heterocycles. The predicted molar refractivity (Wildman–Crippen MR) is 107 cm³/mol. The number of carbonyl (C=O) groups is 2. The Labute approximate surface area is 162 Å². The number of benzene rings is 1. The molecule has 1 N–H and O–H groups in total. The molecule has 1 atom stereocenters. The Hall–Kier alpha value is -2.05. The van der Waals surface area contributed by atoms with Crippen LogP contribution in [0.15, 0.2) is 35.7 Å². The van der Waals surface area contributed by atoms with E-state index in [0.717, 1.165) is 23.4 Å². The van der Waals surface area contributed by atoms with E-state index in [1.165, 1.54) is 11.3 Å². The van der Waals surface area contributed by atoms with Crippen molar-refractivity contribution in [1.82, 2.24) is 4.90 Å². The highest BCUT2D eigenvalue weighted by atomic mass is 35.5. The number of hydrogen-bond donors (Lipinski definition) is 1. The summed E-state index contributed by atoms with van der Waals surface area (Å²) in [4.78, 5) is 29.6. The molecular weight excluding hydrogens is 370 g/mol. The van der Waals surface area contributed by atoms with Gasteiger partial charge in [0.2, 0.25) is 5.91 Å². The van der Waals surface area contributed by atoms with E-state index >= 15 is 0 Å². The van der Waals surface area contributed by atoms with Crippen molar-refractivity contribution < 1.29 is 9.59 Å². The highest BCUT2D eigenvalue weighted by Gasteiger charge is 2.29. The minimum absolute atomic E-state index is 0.0101. The molecule has 1 aliphatic rings. The zero-order chi connectivity index (χ0) is 18.7. The minimum Gasteiger partial charge on any atom is -0.376 e. The molecule has 1 unspecified atom stereocenters. The van der Waals surface area contributed by atoms with Crippen molar-refractivity contribution in [1.29, 1.82) is 0 Å². The molecule has 2 aromatic rings. The lowest BCUT2D eigenvalue weighted by molar-refractivity contribution is -0.121. The molecular formula is C19H22ClN3O2S. The molecule has 1 aromatic carbocycles. The van der Waals surface area contributed by atoms with E-state index in [9.17, 15) is 9.59 Å². The average molecular weight is 392 g/mol. The number of hydrogen-bond acceptors (Lipinski definition) is 4. The van der Waals surface area contributed by atoms with Crippen molar-refractivity contribution in [2.24, 2.45) is 5.92 Å². The monoisotopic (exact) mass is 391 g/mol. The number of nitrogens with one attached hydrogen (secondary N) is 1. The zero-order valence-electron chi connectivity index (χ0n) is 14.9. The van der Waals surface area contributed by atoms with Gasteiger partial charge in [0.05, 0.1) is 21.5 Å². The van der Waals surface area contributed by atoms with Crippen LogP contribution in [0.3, 0.4) is 0 Å². The first-order valence-electron chi connectivity index (χ1n) is 8.56. The molecule has 1 fully saturated rings. The lowest BCUT2D eigenvalue weighted by Crippen LogP contribution is -2.43. The van der Waals surface area contributed by atoms with E-state index in [1.807, 2.05) is 48.6 Å². The number of halogens is 1. The van der Waals surface area contributed by atoms with E-state index in [1.54, 1.807) is 11.0 Å². The smallest absolute Gasteiger partial charge is 0.263 e. The first-order chi connectivity index (χ1) is 12.5. The number of thiophene rings is 1. The Morgan fingerprint density at radius 1 is 1.31 bits per heavy atom. The molecule has 0 radical (unpaired) electrons. The van der Waals surface area contributed by atoms with Crippen molar-refractivity contribution in [3.8, 4) is 0 Å². The van der Waals surface area contributed by atoms with Gasteiger partial charge in [-0.2, -0.15) is 0 Å². The lowest BCUT2D eigenvalue weighted by Gasteiger charge is -2.31. The number of likely N-dealkylation sites (tertiary alicyclic amines) is 1. The maximum absolute atomic E-state index is 12.7. The number of carbonyl (C=O) groups excluding carboxylic acids is 2. The SMILES string of the molecule is CN(C)c1ccc(NC(=O)C2CCCN(C(=O)c3cccs3)C2)cc1Cl. The van der Waals surface area contributed by atoms with Gasteiger partial charge in [-0.25, -0.2) is 0 Å². The van der Waals surface area contributed by atoms with Crippen molar-refractivity contribution in [2.75, 3.05) is 37.4 Å². The van der Waals surface area contributed by atoms with Crippen LogP contribution in [0, 0.1) is 5.92 Å². The number of amides is 2. The highest BCUT2D eigenvalue weighted by Crippen LogP contribution is 2.28. The van der Waals surface area contributed by atoms with Crippen molar-refractivity contribution in [2.45, 2.75) is 12.8 Å². The first kappa shape index (κ1) is 18.7. The summed E-state index contributed by atoms with van der Waals surface area (Å²) in [6.45, 7) is 1.15. The Balaban J connectivity index is 1.64. The van der Waals surface area contributed by atoms with E-state index in [2.05, 4.69) is 5.32 Å². The third kappa shape index (κ3) is 4.19. The second kappa shape index (κ2) is 8.10. The van der Waals surface area contributed by atoms with Gasteiger partial charge in [-0.3, -0.25) is 9.59 Å². The second-order valence-electron chi connectivity index (χ2n) is 6.62. The molecule has 2 heterocycles.